The van der Waals surface area contributed by atoms with Crippen molar-refractivity contribution in [2.24, 2.45) is 0 Å². The van der Waals surface area contributed by atoms with Crippen LogP contribution < -0.4 is 0 Å². The molecule has 0 atom stereocenters. The zero-order valence-corrected chi connectivity index (χ0v) is 11.1. The van der Waals surface area contributed by atoms with Crippen LogP contribution in [0.5, 0.6) is 0 Å². The molecule has 0 saturated heterocycles. The summed E-state index contributed by atoms with van der Waals surface area (Å²) in [7, 11) is -3.82. The van der Waals surface area contributed by atoms with E-state index in [0.717, 1.165) is 15.6 Å². The fourth-order valence-corrected chi connectivity index (χ4v) is 4.10. The summed E-state index contributed by atoms with van der Waals surface area (Å²) in [6.07, 6.45) is 1.33. The molecule has 1 heterocycles. The lowest BCUT2D eigenvalue weighted by Crippen LogP contribution is -2.35. The Balaban J connectivity index is 3.07. The zero-order chi connectivity index (χ0) is 13.1. The fourth-order valence-electron chi connectivity index (χ4n) is 1.11. The van der Waals surface area contributed by atoms with Gasteiger partial charge in [-0.2, -0.15) is 4.31 Å². The quantitative estimate of drug-likeness (QED) is 0.810. The molecule has 94 valence electrons. The van der Waals surface area contributed by atoms with Gasteiger partial charge in [0.1, 0.15) is 10.8 Å². The van der Waals surface area contributed by atoms with Crippen molar-refractivity contribution < 1.29 is 18.3 Å². The molecule has 0 unspecified atom stereocenters. The van der Waals surface area contributed by atoms with Gasteiger partial charge in [0.25, 0.3) is 10.0 Å². The molecule has 0 aliphatic heterocycles. The Labute approximate surface area is 108 Å². The van der Waals surface area contributed by atoms with Crippen LogP contribution in [-0.2, 0) is 14.8 Å². The summed E-state index contributed by atoms with van der Waals surface area (Å²) < 4.78 is 25.2. The van der Waals surface area contributed by atoms with Crippen LogP contribution in [0.25, 0.3) is 0 Å². The Morgan fingerprint density at radius 2 is 2.24 bits per heavy atom. The van der Waals surface area contributed by atoms with E-state index >= 15 is 0 Å². The number of carbonyl (C=O) groups is 1. The maximum atomic E-state index is 12.0. The summed E-state index contributed by atoms with van der Waals surface area (Å²) in [6, 6.07) is 2.80. The second kappa shape index (κ2) is 5.63. The number of rotatable bonds is 6. The first-order valence-electron chi connectivity index (χ1n) is 4.46. The van der Waals surface area contributed by atoms with Crippen molar-refractivity contribution in [1.82, 2.24) is 4.31 Å². The van der Waals surface area contributed by atoms with Gasteiger partial charge in [-0.15, -0.1) is 17.9 Å². The number of hydrogen-bond acceptors (Lipinski definition) is 4. The molecular weight excluding hydrogens is 286 g/mol. The molecule has 5 nitrogen and oxygen atoms in total. The first kappa shape index (κ1) is 14.2. The lowest BCUT2D eigenvalue weighted by Gasteiger charge is -2.17. The van der Waals surface area contributed by atoms with Crippen molar-refractivity contribution >= 4 is 38.9 Å². The first-order valence-corrected chi connectivity index (χ1v) is 7.09. The van der Waals surface area contributed by atoms with Gasteiger partial charge in [-0.25, -0.2) is 8.42 Å². The highest BCUT2D eigenvalue weighted by Crippen LogP contribution is 2.27. The topological polar surface area (TPSA) is 74.7 Å². The van der Waals surface area contributed by atoms with E-state index in [1.54, 1.807) is 0 Å². The summed E-state index contributed by atoms with van der Waals surface area (Å²) in [5, 5.41) is 8.66. The van der Waals surface area contributed by atoms with Crippen molar-refractivity contribution in [3.63, 3.8) is 0 Å². The Morgan fingerprint density at radius 1 is 1.59 bits per heavy atom. The van der Waals surface area contributed by atoms with E-state index in [1.165, 1.54) is 18.2 Å². The molecule has 0 fully saturated rings. The van der Waals surface area contributed by atoms with E-state index in [1.807, 2.05) is 0 Å². The van der Waals surface area contributed by atoms with E-state index in [4.69, 9.17) is 16.7 Å². The summed E-state index contributed by atoms with van der Waals surface area (Å²) in [4.78, 5) is 10.6. The maximum absolute atomic E-state index is 12.0. The lowest BCUT2D eigenvalue weighted by molar-refractivity contribution is -0.137. The molecule has 0 spiro atoms. The number of carboxylic acid groups (broad SMARTS) is 1. The van der Waals surface area contributed by atoms with Gasteiger partial charge in [0.05, 0.1) is 4.34 Å². The SMILES string of the molecule is C=CCN(CC(=O)O)S(=O)(=O)c1ccc(Cl)s1. The molecule has 1 rings (SSSR count). The number of nitrogens with zero attached hydrogens (tertiary/aromatic N) is 1. The molecule has 0 saturated carbocycles. The fraction of sp³-hybridized carbons (Fsp3) is 0.222. The third kappa shape index (κ3) is 3.53. The summed E-state index contributed by atoms with van der Waals surface area (Å²) in [5.74, 6) is -1.22. The smallest absolute Gasteiger partial charge is 0.318 e. The molecule has 8 heteroatoms. The van der Waals surface area contributed by atoms with Crippen LogP contribution in [0, 0.1) is 0 Å². The summed E-state index contributed by atoms with van der Waals surface area (Å²) in [5.41, 5.74) is 0. The van der Waals surface area contributed by atoms with Crippen LogP contribution in [0.15, 0.2) is 29.0 Å². The van der Waals surface area contributed by atoms with E-state index in [2.05, 4.69) is 6.58 Å². The molecule has 0 aliphatic rings. The van der Waals surface area contributed by atoms with Gasteiger partial charge in [-0.3, -0.25) is 4.79 Å². The molecule has 0 amide bonds. The summed E-state index contributed by atoms with van der Waals surface area (Å²) in [6.45, 7) is 2.73. The standard InChI is InChI=1S/C9H10ClNO4S2/c1-2-5-11(6-8(12)13)17(14,15)9-4-3-7(10)16-9/h2-4H,1,5-6H2,(H,12,13). The van der Waals surface area contributed by atoms with Crippen molar-refractivity contribution in [2.45, 2.75) is 4.21 Å². The second-order valence-corrected chi connectivity index (χ2v) is 6.92. The van der Waals surface area contributed by atoms with Gasteiger partial charge in [-0.1, -0.05) is 17.7 Å². The van der Waals surface area contributed by atoms with E-state index in [0.29, 0.717) is 4.34 Å². The highest BCUT2D eigenvalue weighted by molar-refractivity contribution is 7.91. The Hall–Kier alpha value is -0.890. The normalized spacial score (nSPS) is 11.6. The van der Waals surface area contributed by atoms with Gasteiger partial charge >= 0.3 is 5.97 Å². The van der Waals surface area contributed by atoms with Crippen molar-refractivity contribution in [2.75, 3.05) is 13.1 Å². The highest BCUT2D eigenvalue weighted by Gasteiger charge is 2.26. The van der Waals surface area contributed by atoms with Crippen LogP contribution in [0.1, 0.15) is 0 Å². The molecule has 0 aromatic carbocycles. The lowest BCUT2D eigenvalue weighted by atomic mass is 10.6. The third-order valence-electron chi connectivity index (χ3n) is 1.79. The van der Waals surface area contributed by atoms with Gasteiger partial charge in [-0.05, 0) is 12.1 Å². The molecule has 1 aromatic heterocycles. The minimum Gasteiger partial charge on any atom is -0.480 e. The third-order valence-corrected chi connectivity index (χ3v) is 5.30. The number of thiophene rings is 1. The first-order chi connectivity index (χ1) is 7.87. The monoisotopic (exact) mass is 295 g/mol. The van der Waals surface area contributed by atoms with Crippen LogP contribution in [-0.4, -0.2) is 36.9 Å². The van der Waals surface area contributed by atoms with Crippen LogP contribution >= 0.6 is 22.9 Å². The molecular formula is C9H10ClNO4S2. The molecule has 1 N–H and O–H groups in total. The molecule has 0 radical (unpaired) electrons. The summed E-state index contributed by atoms with van der Waals surface area (Å²) >= 11 is 6.54. The average molecular weight is 296 g/mol. The minimum atomic E-state index is -3.82. The van der Waals surface area contributed by atoms with Gasteiger partial charge in [0.2, 0.25) is 0 Å². The van der Waals surface area contributed by atoms with Gasteiger partial charge in [0.15, 0.2) is 0 Å². The predicted octanol–water partition coefficient (Wildman–Crippen LogP) is 1.66. The van der Waals surface area contributed by atoms with E-state index in [9.17, 15) is 13.2 Å². The van der Waals surface area contributed by atoms with Crippen molar-refractivity contribution in [3.05, 3.63) is 29.1 Å². The average Bonchev–Trinajstić information content (AvgIpc) is 2.64. The number of carboxylic acids is 1. The largest absolute Gasteiger partial charge is 0.480 e. The second-order valence-electron chi connectivity index (χ2n) is 3.04. The predicted molar refractivity (Wildman–Crippen MR) is 65.9 cm³/mol. The van der Waals surface area contributed by atoms with E-state index < -0.39 is 22.5 Å². The number of halogens is 1. The Kier molecular flexibility index (Phi) is 4.70. The van der Waals surface area contributed by atoms with Gasteiger partial charge < -0.3 is 5.11 Å². The van der Waals surface area contributed by atoms with Crippen LogP contribution in [0.3, 0.4) is 0 Å². The molecule has 17 heavy (non-hydrogen) atoms. The van der Waals surface area contributed by atoms with Crippen molar-refractivity contribution in [3.8, 4) is 0 Å². The number of aliphatic carboxylic acids is 1. The Bertz CT molecular complexity index is 523. The minimum absolute atomic E-state index is 0.0191. The Morgan fingerprint density at radius 3 is 2.65 bits per heavy atom. The maximum Gasteiger partial charge on any atom is 0.318 e. The van der Waals surface area contributed by atoms with E-state index in [-0.39, 0.29) is 10.8 Å². The highest BCUT2D eigenvalue weighted by atomic mass is 35.5. The molecule has 0 aliphatic carbocycles. The van der Waals surface area contributed by atoms with Crippen LogP contribution in [0.4, 0.5) is 0 Å². The number of hydrogen-bond donors (Lipinski definition) is 1. The molecule has 1 aromatic rings. The van der Waals surface area contributed by atoms with Crippen molar-refractivity contribution in [1.29, 1.82) is 0 Å². The molecule has 0 bridgehead atoms. The van der Waals surface area contributed by atoms with Crippen LogP contribution in [0.2, 0.25) is 4.34 Å². The number of sulfonamides is 1. The van der Waals surface area contributed by atoms with Gasteiger partial charge in [0, 0.05) is 6.54 Å². The zero-order valence-electron chi connectivity index (χ0n) is 8.67.